The van der Waals surface area contributed by atoms with Crippen LogP contribution in [-0.4, -0.2) is 41.8 Å². The van der Waals surface area contributed by atoms with E-state index < -0.39 is 6.04 Å². The monoisotopic (exact) mass is 519 g/mol. The summed E-state index contributed by atoms with van der Waals surface area (Å²) >= 11 is 0. The van der Waals surface area contributed by atoms with E-state index in [-0.39, 0.29) is 24.1 Å². The minimum Gasteiger partial charge on any atom is -0.355 e. The fourth-order valence-corrected chi connectivity index (χ4v) is 5.36. The number of amides is 3. The first-order valence-corrected chi connectivity index (χ1v) is 13.6. The molecule has 5 rings (SSSR count). The van der Waals surface area contributed by atoms with Gasteiger partial charge in [0.25, 0.3) is 5.91 Å². The Morgan fingerprint density at radius 3 is 2.21 bits per heavy atom. The largest absolute Gasteiger partial charge is 0.355 e. The molecule has 0 saturated carbocycles. The molecule has 0 unspecified atom stereocenters. The predicted molar refractivity (Wildman–Crippen MR) is 154 cm³/mol. The summed E-state index contributed by atoms with van der Waals surface area (Å²) in [5.74, 6) is -0.296. The van der Waals surface area contributed by atoms with Crippen molar-refractivity contribution in [3.05, 3.63) is 114 Å². The molecule has 0 bridgehead atoms. The first-order valence-electron chi connectivity index (χ1n) is 13.6. The van der Waals surface area contributed by atoms with Gasteiger partial charge in [-0.05, 0) is 42.0 Å². The zero-order chi connectivity index (χ0) is 27.2. The van der Waals surface area contributed by atoms with E-state index in [0.717, 1.165) is 27.6 Å². The van der Waals surface area contributed by atoms with E-state index in [0.29, 0.717) is 38.0 Å². The smallest absolute Gasteiger partial charge is 0.258 e. The van der Waals surface area contributed by atoms with Crippen molar-refractivity contribution in [3.63, 3.8) is 0 Å². The molecule has 0 aliphatic carbocycles. The summed E-state index contributed by atoms with van der Waals surface area (Å²) in [6.07, 6.45) is 1.15. The molecule has 1 N–H and O–H groups in total. The zero-order valence-electron chi connectivity index (χ0n) is 22.2. The van der Waals surface area contributed by atoms with Crippen LogP contribution in [0.15, 0.2) is 97.1 Å². The second kappa shape index (κ2) is 11.9. The number of benzene rings is 4. The molecule has 3 amide bonds. The second-order valence-corrected chi connectivity index (χ2v) is 9.85. The van der Waals surface area contributed by atoms with Crippen LogP contribution in [0.3, 0.4) is 0 Å². The maximum atomic E-state index is 13.8. The number of hydrogen-bond donors (Lipinski definition) is 1. The molecule has 0 aromatic heterocycles. The molecule has 6 nitrogen and oxygen atoms in total. The Morgan fingerprint density at radius 1 is 0.846 bits per heavy atom. The van der Waals surface area contributed by atoms with Gasteiger partial charge in [0.2, 0.25) is 11.8 Å². The second-order valence-electron chi connectivity index (χ2n) is 9.85. The fraction of sp³-hybridized carbons (Fsp3) is 0.242. The SMILES string of the molecule is CCNC(=O)[C@H](Cc1ccccc1)N(Cc1ccccc1)C(=O)CCCN1C(=O)c2cccc3cccc1c23. The number of carbonyl (C=O) groups excluding carboxylic acids is 3. The molecule has 0 saturated heterocycles. The third kappa shape index (κ3) is 5.70. The Morgan fingerprint density at radius 2 is 1.51 bits per heavy atom. The molecular weight excluding hydrogens is 486 g/mol. The summed E-state index contributed by atoms with van der Waals surface area (Å²) in [6.45, 7) is 3.14. The molecule has 198 valence electrons. The van der Waals surface area contributed by atoms with Crippen molar-refractivity contribution < 1.29 is 14.4 Å². The van der Waals surface area contributed by atoms with Crippen LogP contribution in [0.25, 0.3) is 10.8 Å². The molecule has 0 fully saturated rings. The van der Waals surface area contributed by atoms with Crippen molar-refractivity contribution in [1.29, 1.82) is 0 Å². The van der Waals surface area contributed by atoms with Gasteiger partial charge >= 0.3 is 0 Å². The normalized spacial score (nSPS) is 12.9. The van der Waals surface area contributed by atoms with Gasteiger partial charge in [0, 0.05) is 43.4 Å². The predicted octanol–water partition coefficient (Wildman–Crippen LogP) is 5.36. The van der Waals surface area contributed by atoms with Gasteiger partial charge in [-0.15, -0.1) is 0 Å². The number of rotatable bonds is 11. The van der Waals surface area contributed by atoms with Crippen LogP contribution in [0.4, 0.5) is 5.69 Å². The van der Waals surface area contributed by atoms with Gasteiger partial charge in [0.15, 0.2) is 0 Å². The number of nitrogens with zero attached hydrogens (tertiary/aromatic N) is 2. The van der Waals surface area contributed by atoms with Crippen LogP contribution in [0.2, 0.25) is 0 Å². The molecule has 1 heterocycles. The van der Waals surface area contributed by atoms with Crippen LogP contribution in [0.5, 0.6) is 0 Å². The molecular formula is C33H33N3O3. The Balaban J connectivity index is 1.35. The Kier molecular flexibility index (Phi) is 8.02. The molecule has 1 atom stereocenters. The fourth-order valence-electron chi connectivity index (χ4n) is 5.36. The number of carbonyl (C=O) groups is 3. The van der Waals surface area contributed by atoms with E-state index in [1.807, 2.05) is 104 Å². The molecule has 0 radical (unpaired) electrons. The third-order valence-corrected chi connectivity index (χ3v) is 7.24. The molecule has 4 aromatic carbocycles. The summed E-state index contributed by atoms with van der Waals surface area (Å²) in [6, 6.07) is 30.6. The first-order chi connectivity index (χ1) is 19.1. The summed E-state index contributed by atoms with van der Waals surface area (Å²) in [5, 5.41) is 4.94. The molecule has 1 aliphatic rings. The van der Waals surface area contributed by atoms with Gasteiger partial charge in [0.1, 0.15) is 6.04 Å². The van der Waals surface area contributed by atoms with Gasteiger partial charge < -0.3 is 15.1 Å². The highest BCUT2D eigenvalue weighted by Gasteiger charge is 2.32. The van der Waals surface area contributed by atoms with Crippen molar-refractivity contribution in [2.45, 2.75) is 38.8 Å². The lowest BCUT2D eigenvalue weighted by Gasteiger charge is -2.32. The standard InChI is InChI=1S/C33H33N3O3/c1-2-34-32(38)29(22-24-12-5-3-6-13-24)36(23-25-14-7-4-8-15-25)30(37)20-11-21-35-28-19-10-17-26-16-9-18-27(31(26)28)33(35)39/h3-10,12-19,29H,2,11,20-23H2,1H3,(H,34,38)/t29-/m0/s1. The van der Waals surface area contributed by atoms with Crippen molar-refractivity contribution in [2.24, 2.45) is 0 Å². The number of nitrogens with one attached hydrogen (secondary N) is 1. The van der Waals surface area contributed by atoms with E-state index in [1.165, 1.54) is 0 Å². The molecule has 6 heteroatoms. The van der Waals surface area contributed by atoms with Crippen LogP contribution in [0.1, 0.15) is 41.3 Å². The maximum absolute atomic E-state index is 13.8. The Hall–Kier alpha value is -4.45. The van der Waals surface area contributed by atoms with E-state index in [2.05, 4.69) is 5.32 Å². The van der Waals surface area contributed by atoms with Gasteiger partial charge in [-0.25, -0.2) is 0 Å². The van der Waals surface area contributed by atoms with Crippen molar-refractivity contribution in [3.8, 4) is 0 Å². The third-order valence-electron chi connectivity index (χ3n) is 7.24. The van der Waals surface area contributed by atoms with Crippen LogP contribution >= 0.6 is 0 Å². The van der Waals surface area contributed by atoms with E-state index in [9.17, 15) is 14.4 Å². The van der Waals surface area contributed by atoms with Crippen LogP contribution in [0, 0.1) is 0 Å². The van der Waals surface area contributed by atoms with E-state index >= 15 is 0 Å². The number of hydrogen-bond acceptors (Lipinski definition) is 3. The average molecular weight is 520 g/mol. The molecule has 39 heavy (non-hydrogen) atoms. The summed E-state index contributed by atoms with van der Waals surface area (Å²) in [5.41, 5.74) is 3.56. The highest BCUT2D eigenvalue weighted by molar-refractivity contribution is 6.25. The van der Waals surface area contributed by atoms with E-state index in [1.54, 1.807) is 9.80 Å². The van der Waals surface area contributed by atoms with Gasteiger partial charge in [-0.1, -0.05) is 84.9 Å². The first kappa shape index (κ1) is 26.2. The lowest BCUT2D eigenvalue weighted by atomic mass is 10.0. The molecule has 4 aromatic rings. The lowest BCUT2D eigenvalue weighted by Crippen LogP contribution is -2.50. The average Bonchev–Trinajstić information content (AvgIpc) is 3.24. The van der Waals surface area contributed by atoms with Gasteiger partial charge in [-0.3, -0.25) is 14.4 Å². The zero-order valence-corrected chi connectivity index (χ0v) is 22.2. The summed E-state index contributed by atoms with van der Waals surface area (Å²) < 4.78 is 0. The minimum atomic E-state index is -0.647. The Labute approximate surface area is 229 Å². The van der Waals surface area contributed by atoms with Gasteiger partial charge in [-0.2, -0.15) is 0 Å². The van der Waals surface area contributed by atoms with Crippen molar-refractivity contribution >= 4 is 34.2 Å². The summed E-state index contributed by atoms with van der Waals surface area (Å²) in [4.78, 5) is 43.7. The van der Waals surface area contributed by atoms with Gasteiger partial charge in [0.05, 0.1) is 5.69 Å². The van der Waals surface area contributed by atoms with Crippen molar-refractivity contribution in [1.82, 2.24) is 10.2 Å². The number of likely N-dealkylation sites (N-methyl/N-ethyl adjacent to an activating group) is 1. The highest BCUT2D eigenvalue weighted by atomic mass is 16.2. The quantitative estimate of drug-likeness (QED) is 0.290. The summed E-state index contributed by atoms with van der Waals surface area (Å²) in [7, 11) is 0. The molecule has 1 aliphatic heterocycles. The Bertz CT molecular complexity index is 1460. The lowest BCUT2D eigenvalue weighted by molar-refractivity contribution is -0.141. The maximum Gasteiger partial charge on any atom is 0.258 e. The number of anilines is 1. The highest BCUT2D eigenvalue weighted by Crippen LogP contribution is 2.37. The van der Waals surface area contributed by atoms with E-state index in [4.69, 9.17) is 0 Å². The van der Waals surface area contributed by atoms with Crippen LogP contribution < -0.4 is 10.2 Å². The van der Waals surface area contributed by atoms with Crippen molar-refractivity contribution in [2.75, 3.05) is 18.0 Å². The van der Waals surface area contributed by atoms with Crippen LogP contribution in [-0.2, 0) is 22.6 Å². The molecule has 0 spiro atoms. The minimum absolute atomic E-state index is 0.0281. The topological polar surface area (TPSA) is 69.7 Å².